The smallest absolute Gasteiger partial charge is 0.188 e. The highest BCUT2D eigenvalue weighted by Crippen LogP contribution is 2.27. The van der Waals surface area contributed by atoms with E-state index in [1.165, 1.54) is 14.0 Å². The van der Waals surface area contributed by atoms with E-state index in [0.717, 1.165) is 4.47 Å². The summed E-state index contributed by atoms with van der Waals surface area (Å²) < 4.78 is 10.8. The van der Waals surface area contributed by atoms with E-state index < -0.39 is 0 Å². The zero-order valence-electron chi connectivity index (χ0n) is 8.04. The first-order chi connectivity index (χ1) is 6.66. The summed E-state index contributed by atoms with van der Waals surface area (Å²) in [6.45, 7) is 1.64. The molecule has 0 atom stereocenters. The number of methoxy groups -OCH3 is 1. The van der Waals surface area contributed by atoms with Crippen molar-refractivity contribution in [3.8, 4) is 5.75 Å². The van der Waals surface area contributed by atoms with Crippen molar-refractivity contribution in [1.82, 2.24) is 0 Å². The van der Waals surface area contributed by atoms with Gasteiger partial charge in [-0.2, -0.15) is 0 Å². The minimum atomic E-state index is -0.0384. The second-order valence-electron chi connectivity index (χ2n) is 2.72. The minimum Gasteiger partial charge on any atom is -0.467 e. The maximum absolute atomic E-state index is 11.3. The molecule has 0 fully saturated rings. The van der Waals surface area contributed by atoms with Crippen molar-refractivity contribution in [2.24, 2.45) is 0 Å². The maximum atomic E-state index is 11.3. The van der Waals surface area contributed by atoms with Crippen molar-refractivity contribution in [3.05, 3.63) is 28.2 Å². The average molecular weight is 259 g/mol. The molecule has 0 saturated carbocycles. The molecule has 0 amide bonds. The first-order valence-corrected chi connectivity index (χ1v) is 4.87. The van der Waals surface area contributed by atoms with Gasteiger partial charge < -0.3 is 9.47 Å². The van der Waals surface area contributed by atoms with E-state index in [1.54, 1.807) is 12.1 Å². The van der Waals surface area contributed by atoms with Gasteiger partial charge in [0, 0.05) is 11.6 Å². The van der Waals surface area contributed by atoms with Gasteiger partial charge in [-0.15, -0.1) is 0 Å². The topological polar surface area (TPSA) is 35.5 Å². The van der Waals surface area contributed by atoms with E-state index in [-0.39, 0.29) is 12.6 Å². The number of ketones is 1. The molecule has 0 aromatic heterocycles. The molecular weight excluding hydrogens is 248 g/mol. The largest absolute Gasteiger partial charge is 0.467 e. The Morgan fingerprint density at radius 3 is 2.79 bits per heavy atom. The van der Waals surface area contributed by atoms with Gasteiger partial charge in [-0.25, -0.2) is 0 Å². The Hall–Kier alpha value is -0.870. The van der Waals surface area contributed by atoms with Crippen LogP contribution in [0.5, 0.6) is 5.75 Å². The van der Waals surface area contributed by atoms with Crippen LogP contribution in [0.3, 0.4) is 0 Å². The standard InChI is InChI=1S/C10H11BrO3/c1-7(12)10-8(11)4-3-5-9(10)14-6-13-2/h3-5H,6H2,1-2H3. The van der Waals surface area contributed by atoms with Crippen LogP contribution in [0.4, 0.5) is 0 Å². The first-order valence-electron chi connectivity index (χ1n) is 4.08. The number of rotatable bonds is 4. The Kier molecular flexibility index (Phi) is 4.10. The second-order valence-corrected chi connectivity index (χ2v) is 3.57. The van der Waals surface area contributed by atoms with Gasteiger partial charge >= 0.3 is 0 Å². The fourth-order valence-electron chi connectivity index (χ4n) is 1.09. The van der Waals surface area contributed by atoms with Gasteiger partial charge in [-0.3, -0.25) is 4.79 Å². The maximum Gasteiger partial charge on any atom is 0.188 e. The molecule has 1 aromatic carbocycles. The number of benzene rings is 1. The van der Waals surface area contributed by atoms with E-state index in [2.05, 4.69) is 15.9 Å². The Balaban J connectivity index is 3.02. The second kappa shape index (κ2) is 5.12. The third kappa shape index (κ3) is 2.56. The molecule has 1 rings (SSSR count). The van der Waals surface area contributed by atoms with Gasteiger partial charge in [-0.05, 0) is 35.0 Å². The first kappa shape index (κ1) is 11.2. The molecule has 0 unspecified atom stereocenters. The third-order valence-electron chi connectivity index (χ3n) is 1.66. The lowest BCUT2D eigenvalue weighted by molar-refractivity contribution is 0.0502. The van der Waals surface area contributed by atoms with Crippen LogP contribution in [0.15, 0.2) is 22.7 Å². The summed E-state index contributed by atoms with van der Waals surface area (Å²) in [5.41, 5.74) is 0.546. The van der Waals surface area contributed by atoms with E-state index in [0.29, 0.717) is 11.3 Å². The molecule has 14 heavy (non-hydrogen) atoms. The zero-order valence-corrected chi connectivity index (χ0v) is 9.63. The van der Waals surface area contributed by atoms with Gasteiger partial charge in [0.15, 0.2) is 12.6 Å². The fraction of sp³-hybridized carbons (Fsp3) is 0.300. The lowest BCUT2D eigenvalue weighted by Gasteiger charge is -2.09. The molecule has 76 valence electrons. The number of carbonyl (C=O) groups is 1. The van der Waals surface area contributed by atoms with Crippen LogP contribution in [0, 0.1) is 0 Å². The Morgan fingerprint density at radius 2 is 2.21 bits per heavy atom. The predicted molar refractivity (Wildman–Crippen MR) is 56.7 cm³/mol. The number of hydrogen-bond donors (Lipinski definition) is 0. The SMILES string of the molecule is COCOc1cccc(Br)c1C(C)=O. The van der Waals surface area contributed by atoms with Crippen molar-refractivity contribution >= 4 is 21.7 Å². The van der Waals surface area contributed by atoms with Crippen LogP contribution < -0.4 is 4.74 Å². The average Bonchev–Trinajstić information content (AvgIpc) is 2.14. The highest BCUT2D eigenvalue weighted by Gasteiger charge is 2.11. The summed E-state index contributed by atoms with van der Waals surface area (Å²) in [5.74, 6) is 0.498. The third-order valence-corrected chi connectivity index (χ3v) is 2.32. The molecule has 0 heterocycles. The molecule has 0 spiro atoms. The molecule has 0 N–H and O–H groups in total. The van der Waals surface area contributed by atoms with Crippen LogP contribution in [-0.4, -0.2) is 19.7 Å². The van der Waals surface area contributed by atoms with Gasteiger partial charge in [0.25, 0.3) is 0 Å². The lowest BCUT2D eigenvalue weighted by atomic mass is 10.1. The van der Waals surface area contributed by atoms with Crippen LogP contribution in [0.25, 0.3) is 0 Å². The van der Waals surface area contributed by atoms with Crippen molar-refractivity contribution in [3.63, 3.8) is 0 Å². The quantitative estimate of drug-likeness (QED) is 0.616. The van der Waals surface area contributed by atoms with E-state index in [9.17, 15) is 4.79 Å². The van der Waals surface area contributed by atoms with Crippen LogP contribution in [0.2, 0.25) is 0 Å². The highest BCUT2D eigenvalue weighted by atomic mass is 79.9. The predicted octanol–water partition coefficient (Wildman–Crippen LogP) is 2.63. The molecular formula is C10H11BrO3. The van der Waals surface area contributed by atoms with Gasteiger partial charge in [0.1, 0.15) is 5.75 Å². The van der Waals surface area contributed by atoms with Crippen molar-refractivity contribution in [2.75, 3.05) is 13.9 Å². The summed E-state index contributed by atoms with van der Waals surface area (Å²) in [4.78, 5) is 11.3. The van der Waals surface area contributed by atoms with E-state index in [4.69, 9.17) is 9.47 Å². The zero-order chi connectivity index (χ0) is 10.6. The highest BCUT2D eigenvalue weighted by molar-refractivity contribution is 9.10. The molecule has 0 saturated heterocycles. The minimum absolute atomic E-state index is 0.0384. The van der Waals surface area contributed by atoms with Crippen LogP contribution in [-0.2, 0) is 4.74 Å². The Morgan fingerprint density at radius 1 is 1.50 bits per heavy atom. The summed E-state index contributed by atoms with van der Waals surface area (Å²) in [6.07, 6.45) is 0. The Labute approximate surface area is 91.1 Å². The van der Waals surface area contributed by atoms with Gasteiger partial charge in [0.2, 0.25) is 0 Å². The number of hydrogen-bond acceptors (Lipinski definition) is 3. The molecule has 0 aliphatic heterocycles. The number of ether oxygens (including phenoxy) is 2. The molecule has 0 aliphatic rings. The summed E-state index contributed by atoms with van der Waals surface area (Å²) in [6, 6.07) is 5.35. The Bertz CT molecular complexity index is 336. The molecule has 3 nitrogen and oxygen atoms in total. The van der Waals surface area contributed by atoms with Crippen molar-refractivity contribution in [2.45, 2.75) is 6.92 Å². The lowest BCUT2D eigenvalue weighted by Crippen LogP contribution is -2.04. The molecule has 0 radical (unpaired) electrons. The molecule has 0 bridgehead atoms. The van der Waals surface area contributed by atoms with E-state index >= 15 is 0 Å². The fourth-order valence-corrected chi connectivity index (χ4v) is 1.72. The summed E-state index contributed by atoms with van der Waals surface area (Å²) in [7, 11) is 1.53. The van der Waals surface area contributed by atoms with Crippen LogP contribution >= 0.6 is 15.9 Å². The van der Waals surface area contributed by atoms with Crippen molar-refractivity contribution in [1.29, 1.82) is 0 Å². The van der Waals surface area contributed by atoms with Crippen molar-refractivity contribution < 1.29 is 14.3 Å². The summed E-state index contributed by atoms with van der Waals surface area (Å²) >= 11 is 3.30. The summed E-state index contributed by atoms with van der Waals surface area (Å²) in [5, 5.41) is 0. The number of halogens is 1. The monoisotopic (exact) mass is 258 g/mol. The van der Waals surface area contributed by atoms with Crippen LogP contribution in [0.1, 0.15) is 17.3 Å². The van der Waals surface area contributed by atoms with Gasteiger partial charge in [-0.1, -0.05) is 6.07 Å². The molecule has 4 heteroatoms. The number of Topliss-reactive ketones (excluding diaryl/α,β-unsaturated/α-hetero) is 1. The number of carbonyl (C=O) groups excluding carboxylic acids is 1. The normalized spacial score (nSPS) is 9.93. The van der Waals surface area contributed by atoms with Gasteiger partial charge in [0.05, 0.1) is 5.56 Å². The van der Waals surface area contributed by atoms with E-state index in [1.807, 2.05) is 6.07 Å². The molecule has 1 aromatic rings. The molecule has 0 aliphatic carbocycles.